The Labute approximate surface area is 164 Å². The summed E-state index contributed by atoms with van der Waals surface area (Å²) in [6.07, 6.45) is -0.534. The minimum Gasteiger partial charge on any atom is -0.445 e. The predicted molar refractivity (Wildman–Crippen MR) is 101 cm³/mol. The van der Waals surface area contributed by atoms with Crippen molar-refractivity contribution in [3.05, 3.63) is 35.9 Å². The lowest BCUT2D eigenvalue weighted by molar-refractivity contribution is -0.794. The van der Waals surface area contributed by atoms with E-state index in [9.17, 15) is 24.6 Å². The summed E-state index contributed by atoms with van der Waals surface area (Å²) in [5.41, 5.74) is 0.894. The van der Waals surface area contributed by atoms with Gasteiger partial charge >= 0.3 is 18.1 Å². The molecule has 28 heavy (non-hydrogen) atoms. The number of hydrogen-bond acceptors (Lipinski definition) is 5. The molecule has 154 valence electrons. The Hall–Kier alpha value is -2.45. The third-order valence-corrected chi connectivity index (χ3v) is 5.29. The molecule has 0 bridgehead atoms. The summed E-state index contributed by atoms with van der Waals surface area (Å²) < 4.78 is 4.40. The number of likely N-dealkylation sites (tertiary alicyclic amines) is 1. The van der Waals surface area contributed by atoms with Crippen LogP contribution in [0.4, 0.5) is 9.59 Å². The summed E-state index contributed by atoms with van der Waals surface area (Å²) in [5.74, 6) is -0.646. The summed E-state index contributed by atoms with van der Waals surface area (Å²) in [7, 11) is 0. The largest absolute Gasteiger partial charge is 0.521 e. The topological polar surface area (TPSA) is 113 Å². The number of aliphatic hydroxyl groups is 1. The normalized spacial score (nSPS) is 22.4. The molecule has 1 aromatic carbocycles. The highest BCUT2D eigenvalue weighted by atomic mass is 16.5. The number of hydrogen-bond donors (Lipinski definition) is 3. The number of benzene rings is 1. The van der Waals surface area contributed by atoms with E-state index >= 15 is 0 Å². The number of amides is 3. The number of alkyl carbamates (subject to hydrolysis) is 1. The summed E-state index contributed by atoms with van der Waals surface area (Å²) >= 11 is 0. The lowest BCUT2D eigenvalue weighted by Gasteiger charge is -2.31. The summed E-state index contributed by atoms with van der Waals surface area (Å²) in [6.45, 7) is 2.50. The molecule has 0 aliphatic carbocycles. The second-order valence-corrected chi connectivity index (χ2v) is 7.20. The molecule has 0 spiro atoms. The third kappa shape index (κ3) is 5.30. The van der Waals surface area contributed by atoms with Crippen molar-refractivity contribution >= 4 is 18.1 Å². The van der Waals surface area contributed by atoms with Crippen molar-refractivity contribution in [1.82, 2.24) is 5.32 Å². The number of carboxylic acid groups (broad SMARTS) is 1. The van der Waals surface area contributed by atoms with E-state index in [-0.39, 0.29) is 25.6 Å². The number of quaternary nitrogens is 1. The summed E-state index contributed by atoms with van der Waals surface area (Å²) in [6, 6.07) is 9.00. The number of unbranched alkanes of at least 4 members (excludes halogenated alkanes) is 1. The van der Waals surface area contributed by atoms with Crippen molar-refractivity contribution in [2.45, 2.75) is 57.8 Å². The van der Waals surface area contributed by atoms with Gasteiger partial charge in [-0.3, -0.25) is 0 Å². The van der Waals surface area contributed by atoms with E-state index in [0.29, 0.717) is 32.2 Å². The van der Waals surface area contributed by atoms with Crippen LogP contribution < -0.4 is 5.32 Å². The van der Waals surface area contributed by atoms with Gasteiger partial charge in [-0.2, -0.15) is 9.28 Å². The molecule has 3 amide bonds. The Balaban J connectivity index is 1.66. The Morgan fingerprint density at radius 3 is 2.57 bits per heavy atom. The average Bonchev–Trinajstić information content (AvgIpc) is 3.08. The first-order chi connectivity index (χ1) is 13.4. The quantitative estimate of drug-likeness (QED) is 0.462. The van der Waals surface area contributed by atoms with E-state index in [4.69, 9.17) is 4.74 Å². The van der Waals surface area contributed by atoms with Crippen LogP contribution in [0.2, 0.25) is 0 Å². The molecule has 1 aliphatic heterocycles. The summed E-state index contributed by atoms with van der Waals surface area (Å²) in [5, 5.41) is 22.3. The average molecular weight is 393 g/mol. The molecule has 1 aliphatic rings. The smallest absolute Gasteiger partial charge is 0.445 e. The molecular formula is C20H29N2O6+. The highest BCUT2D eigenvalue weighted by Gasteiger charge is 2.54. The summed E-state index contributed by atoms with van der Waals surface area (Å²) in [4.78, 5) is 35.9. The number of carbonyl (C=O) groups is 3. The van der Waals surface area contributed by atoms with Crippen molar-refractivity contribution < 1.29 is 33.8 Å². The molecule has 1 saturated heterocycles. The molecule has 0 saturated carbocycles. The number of imide groups is 1. The van der Waals surface area contributed by atoms with Crippen LogP contribution in [0.15, 0.2) is 30.3 Å². The van der Waals surface area contributed by atoms with Crippen LogP contribution in [0.25, 0.3) is 0 Å². The van der Waals surface area contributed by atoms with Crippen LogP contribution in [-0.2, 0) is 16.1 Å². The Morgan fingerprint density at radius 1 is 1.25 bits per heavy atom. The van der Waals surface area contributed by atoms with Gasteiger partial charge in [-0.15, -0.1) is 0 Å². The Kier molecular flexibility index (Phi) is 7.95. The zero-order valence-electron chi connectivity index (χ0n) is 16.2. The SMILES string of the molecule is C[C@@H]1CCC[N+]1(C(=O)O)C(=O)[C@@H](O)CCCCNC(=O)OCc1ccccc1. The second-order valence-electron chi connectivity index (χ2n) is 7.20. The van der Waals surface area contributed by atoms with Gasteiger partial charge in [-0.25, -0.2) is 9.59 Å². The maximum absolute atomic E-state index is 12.6. The standard InChI is InChI=1S/C20H28N2O6/c1-15-8-7-13-22(15,20(26)27)18(24)17(23)11-5-6-12-21-19(25)28-14-16-9-3-2-4-10-16/h2-4,9-10,15,17,23H,5-8,11-14H2,1H3,(H-,21,25,26,27)/p+1/t15-,17+,22?/m1/s1. The number of nitrogens with zero attached hydrogens (tertiary/aromatic N) is 1. The minimum atomic E-state index is -1.32. The number of carbonyl (C=O) groups excluding carboxylic acids is 2. The number of aliphatic hydroxyl groups excluding tert-OH is 1. The monoisotopic (exact) mass is 393 g/mol. The Morgan fingerprint density at radius 2 is 1.96 bits per heavy atom. The van der Waals surface area contributed by atoms with E-state index in [1.165, 1.54) is 0 Å². The fraction of sp³-hybridized carbons (Fsp3) is 0.550. The van der Waals surface area contributed by atoms with Crippen LogP contribution in [-0.4, -0.2) is 58.0 Å². The maximum atomic E-state index is 12.6. The fourth-order valence-corrected chi connectivity index (χ4v) is 3.60. The zero-order chi connectivity index (χ0) is 20.6. The van der Waals surface area contributed by atoms with Crippen molar-refractivity contribution in [3.63, 3.8) is 0 Å². The van der Waals surface area contributed by atoms with Gasteiger partial charge in [0.25, 0.3) is 0 Å². The van der Waals surface area contributed by atoms with Gasteiger partial charge in [0.2, 0.25) is 0 Å². The third-order valence-electron chi connectivity index (χ3n) is 5.29. The molecule has 3 atom stereocenters. The number of rotatable bonds is 8. The van der Waals surface area contributed by atoms with Crippen LogP contribution in [0.5, 0.6) is 0 Å². The van der Waals surface area contributed by atoms with E-state index in [1.54, 1.807) is 6.92 Å². The maximum Gasteiger partial charge on any atom is 0.521 e. The first-order valence-electron chi connectivity index (χ1n) is 9.66. The molecule has 0 aromatic heterocycles. The van der Waals surface area contributed by atoms with E-state index < -0.39 is 28.7 Å². The van der Waals surface area contributed by atoms with Crippen molar-refractivity contribution in [2.75, 3.05) is 13.1 Å². The predicted octanol–water partition coefficient (Wildman–Crippen LogP) is 2.65. The van der Waals surface area contributed by atoms with Gasteiger partial charge < -0.3 is 20.3 Å². The lowest BCUT2D eigenvalue weighted by Crippen LogP contribution is -2.61. The van der Waals surface area contributed by atoms with E-state index in [1.807, 2.05) is 30.3 Å². The fourth-order valence-electron chi connectivity index (χ4n) is 3.60. The molecule has 8 nitrogen and oxygen atoms in total. The number of nitrogens with one attached hydrogen (secondary N) is 1. The first kappa shape index (κ1) is 21.8. The van der Waals surface area contributed by atoms with Gasteiger partial charge in [0.15, 0.2) is 6.10 Å². The molecular weight excluding hydrogens is 364 g/mol. The highest BCUT2D eigenvalue weighted by molar-refractivity contribution is 5.83. The second kappa shape index (κ2) is 10.2. The van der Waals surface area contributed by atoms with Gasteiger partial charge in [0.05, 0.1) is 6.54 Å². The minimum absolute atomic E-state index is 0.166. The molecule has 1 heterocycles. The highest BCUT2D eigenvalue weighted by Crippen LogP contribution is 2.29. The van der Waals surface area contributed by atoms with Gasteiger partial charge in [-0.1, -0.05) is 30.3 Å². The number of ether oxygens (including phenoxy) is 1. The van der Waals surface area contributed by atoms with Crippen LogP contribution >= 0.6 is 0 Å². The van der Waals surface area contributed by atoms with Crippen molar-refractivity contribution in [2.24, 2.45) is 0 Å². The molecule has 0 radical (unpaired) electrons. The van der Waals surface area contributed by atoms with Crippen LogP contribution in [0.1, 0.15) is 44.6 Å². The lowest BCUT2D eigenvalue weighted by atomic mass is 10.1. The zero-order valence-corrected chi connectivity index (χ0v) is 16.2. The van der Waals surface area contributed by atoms with Gasteiger partial charge in [0.1, 0.15) is 12.6 Å². The molecule has 8 heteroatoms. The van der Waals surface area contributed by atoms with E-state index in [2.05, 4.69) is 5.32 Å². The molecule has 1 unspecified atom stereocenters. The van der Waals surface area contributed by atoms with Gasteiger partial charge in [0, 0.05) is 19.4 Å². The van der Waals surface area contributed by atoms with Crippen LogP contribution in [0.3, 0.4) is 0 Å². The first-order valence-corrected chi connectivity index (χ1v) is 9.66. The van der Waals surface area contributed by atoms with Crippen LogP contribution in [0, 0.1) is 0 Å². The Bertz CT molecular complexity index is 681. The molecule has 2 rings (SSSR count). The molecule has 1 fully saturated rings. The van der Waals surface area contributed by atoms with E-state index in [0.717, 1.165) is 5.56 Å². The van der Waals surface area contributed by atoms with Gasteiger partial charge in [-0.05, 0) is 31.7 Å². The molecule has 1 aromatic rings. The molecule has 3 N–H and O–H groups in total. The van der Waals surface area contributed by atoms with Crippen molar-refractivity contribution in [1.29, 1.82) is 0 Å². The van der Waals surface area contributed by atoms with Crippen molar-refractivity contribution in [3.8, 4) is 0 Å².